The van der Waals surface area contributed by atoms with Crippen molar-refractivity contribution in [3.8, 4) is 57.5 Å². The monoisotopic (exact) mass is 1990 g/mol. The number of halogens is 10. The summed E-state index contributed by atoms with van der Waals surface area (Å²) < 4.78 is 55.0. The molecular weight excluding hydrogens is 1870 g/mol. The molecule has 0 saturated carbocycles. The number of rotatable bonds is 45. The summed E-state index contributed by atoms with van der Waals surface area (Å²) in [7, 11) is 0. The van der Waals surface area contributed by atoms with Crippen LogP contribution in [0.1, 0.15) is 247 Å². The first-order valence-corrected chi connectivity index (χ1v) is 46.8. The molecule has 130 heavy (non-hydrogen) atoms. The summed E-state index contributed by atoms with van der Waals surface area (Å²) in [5.41, 5.74) is 2.30. The Morgan fingerprint density at radius 1 is 0.200 bits per heavy atom. The van der Waals surface area contributed by atoms with Crippen LogP contribution in [0, 0.1) is 0 Å². The fourth-order valence-corrected chi connectivity index (χ4v) is 13.0. The highest BCUT2D eigenvalue weighted by Crippen LogP contribution is 2.32. The number of carbonyl (C=O) groups excluding carboxylic acids is 5. The molecule has 0 spiro atoms. The highest BCUT2D eigenvalue weighted by atomic mass is 35.5. The number of benzene rings is 10. The molecule has 0 fully saturated rings. The molecule has 0 radical (unpaired) electrons. The molecule has 0 atom stereocenters. The smallest absolute Gasteiger partial charge is 0.343 e. The molecule has 0 unspecified atom stereocenters. The van der Waals surface area contributed by atoms with Crippen molar-refractivity contribution in [2.75, 3.05) is 33.0 Å². The number of hydrogen-bond donors (Lipinski definition) is 5. The Morgan fingerprint density at radius 3 is 0.462 bits per heavy atom. The number of esters is 5. The average Bonchev–Trinajstić information content (AvgIpc) is 0.997. The molecule has 10 rings (SSSR count). The molecule has 10 aromatic carbocycles. The van der Waals surface area contributed by atoms with Crippen LogP contribution in [0.4, 0.5) is 23.5 Å². The minimum Gasteiger partial charge on any atom is -0.494 e. The van der Waals surface area contributed by atoms with Gasteiger partial charge in [-0.15, -0.1) is 63.1 Å². The maximum Gasteiger partial charge on any atom is 0.343 e. The van der Waals surface area contributed by atoms with E-state index in [1.807, 2.05) is 0 Å². The van der Waals surface area contributed by atoms with Gasteiger partial charge < -0.3 is 47.4 Å². The molecule has 30 heteroatoms. The maximum absolute atomic E-state index is 12.2. The molecular formula is C100H120Cl5F5O15S5. The van der Waals surface area contributed by atoms with Gasteiger partial charge in [0.1, 0.15) is 57.5 Å². The van der Waals surface area contributed by atoms with Crippen LogP contribution in [-0.2, 0) is 0 Å². The lowest BCUT2D eigenvalue weighted by atomic mass is 10.2. The highest BCUT2D eigenvalue weighted by Gasteiger charge is 2.17. The van der Waals surface area contributed by atoms with Crippen molar-refractivity contribution in [3.63, 3.8) is 0 Å². The summed E-state index contributed by atoms with van der Waals surface area (Å²) in [5.74, 6) is 3.56. The molecule has 0 aliphatic heterocycles. The molecule has 0 aromatic heterocycles. The van der Waals surface area contributed by atoms with Crippen molar-refractivity contribution < 1.29 is 94.9 Å². The van der Waals surface area contributed by atoms with E-state index in [2.05, 4.69) is 97.8 Å². The number of thiol groups is 5. The molecule has 710 valence electrons. The van der Waals surface area contributed by atoms with Crippen molar-refractivity contribution in [3.05, 3.63) is 265 Å². The molecule has 0 aliphatic carbocycles. The quantitative estimate of drug-likeness (QED) is 0.00800. The van der Waals surface area contributed by atoms with E-state index >= 15 is 0 Å². The number of hydrogen-bond acceptors (Lipinski definition) is 20. The Morgan fingerprint density at radius 2 is 0.331 bits per heavy atom. The minimum atomic E-state index is -0.436. The van der Waals surface area contributed by atoms with Crippen molar-refractivity contribution in [2.45, 2.75) is 220 Å². The van der Waals surface area contributed by atoms with Crippen molar-refractivity contribution in [2.24, 2.45) is 0 Å². The Kier molecular flexibility index (Phi) is 64.5. The van der Waals surface area contributed by atoms with E-state index in [1.165, 1.54) is 128 Å². The first-order valence-electron chi connectivity index (χ1n) is 42.7. The standard InChI is InChI=1S/5C20H23ClO3S.5FH/c5*1-2-3-4-5-6-13-23-16-9-7-15(8-10-16)20(22)24-17-11-12-19(25)18(21)14-17;;;;;/h5*7-12,14,25H,2-6,13H2,1H3;5*1H. The number of carbonyl (C=O) groups is 5. The summed E-state index contributed by atoms with van der Waals surface area (Å²) >= 11 is 50.8. The van der Waals surface area contributed by atoms with E-state index in [0.717, 1.165) is 60.9 Å². The maximum atomic E-state index is 12.2. The summed E-state index contributed by atoms with van der Waals surface area (Å²) in [6.07, 6.45) is 30.0. The van der Waals surface area contributed by atoms with E-state index in [-0.39, 0.29) is 23.5 Å². The van der Waals surface area contributed by atoms with Crippen LogP contribution in [-0.4, -0.2) is 62.9 Å². The lowest BCUT2D eigenvalue weighted by molar-refractivity contribution is 0.0725. The fourth-order valence-electron chi connectivity index (χ4n) is 11.5. The van der Waals surface area contributed by atoms with Crippen LogP contribution in [0.5, 0.6) is 57.5 Å². The van der Waals surface area contributed by atoms with Crippen molar-refractivity contribution in [1.29, 1.82) is 0 Å². The molecule has 10 aromatic rings. The van der Waals surface area contributed by atoms with Gasteiger partial charge in [0.25, 0.3) is 0 Å². The lowest BCUT2D eigenvalue weighted by Gasteiger charge is -2.08. The van der Waals surface area contributed by atoms with E-state index in [1.54, 1.807) is 212 Å². The van der Waals surface area contributed by atoms with Gasteiger partial charge >= 0.3 is 29.8 Å². The van der Waals surface area contributed by atoms with Gasteiger partial charge in [-0.25, -0.2) is 24.0 Å². The molecule has 0 aliphatic rings. The van der Waals surface area contributed by atoms with E-state index in [0.29, 0.717) is 139 Å². The lowest BCUT2D eigenvalue weighted by Crippen LogP contribution is -2.08. The zero-order chi connectivity index (χ0) is 90.4. The Bertz CT molecular complexity index is 4160. The highest BCUT2D eigenvalue weighted by molar-refractivity contribution is 7.81. The van der Waals surface area contributed by atoms with Crippen LogP contribution >= 0.6 is 121 Å². The zero-order valence-electron chi connectivity index (χ0n) is 73.7. The van der Waals surface area contributed by atoms with Gasteiger partial charge in [0.2, 0.25) is 0 Å². The molecule has 0 amide bonds. The van der Waals surface area contributed by atoms with E-state index < -0.39 is 29.8 Å². The minimum absolute atomic E-state index is 0. The fraction of sp³-hybridized carbons (Fsp3) is 0.350. The second-order valence-corrected chi connectivity index (χ2v) is 33.4. The van der Waals surface area contributed by atoms with Gasteiger partial charge in [0.15, 0.2) is 0 Å². The Balaban J connectivity index is 0.000000805. The van der Waals surface area contributed by atoms with Gasteiger partial charge in [0, 0.05) is 54.8 Å². The second-order valence-electron chi connectivity index (χ2n) is 28.9. The van der Waals surface area contributed by atoms with Crippen LogP contribution in [0.3, 0.4) is 0 Å². The summed E-state index contributed by atoms with van der Waals surface area (Å²) in [5, 5.41) is 2.21. The third kappa shape index (κ3) is 48.2. The topological polar surface area (TPSA) is 178 Å². The van der Waals surface area contributed by atoms with Crippen LogP contribution in [0.25, 0.3) is 0 Å². The van der Waals surface area contributed by atoms with E-state index in [4.69, 9.17) is 105 Å². The number of unbranched alkanes of at least 4 members (excludes halogenated alkanes) is 20. The van der Waals surface area contributed by atoms with Gasteiger partial charge in [0.05, 0.1) is 86.0 Å². The molecule has 0 N–H and O–H groups in total. The van der Waals surface area contributed by atoms with Crippen LogP contribution in [0.15, 0.2) is 237 Å². The van der Waals surface area contributed by atoms with Gasteiger partial charge in [-0.3, -0.25) is 23.5 Å². The third-order valence-electron chi connectivity index (χ3n) is 18.7. The third-order valence-corrected chi connectivity index (χ3v) is 22.9. The molecule has 0 saturated heterocycles. The number of ether oxygens (including phenoxy) is 10. The Hall–Kier alpha value is -8.60. The molecule has 0 bridgehead atoms. The second kappa shape index (κ2) is 70.2. The average molecular weight is 1990 g/mol. The molecule has 15 nitrogen and oxygen atoms in total. The summed E-state index contributed by atoms with van der Waals surface area (Å²) in [6, 6.07) is 59.4. The predicted octanol–water partition coefficient (Wildman–Crippen LogP) is 31.7. The van der Waals surface area contributed by atoms with Gasteiger partial charge in [-0.2, -0.15) is 0 Å². The largest absolute Gasteiger partial charge is 0.494 e. The van der Waals surface area contributed by atoms with Crippen LogP contribution < -0.4 is 47.4 Å². The summed E-state index contributed by atoms with van der Waals surface area (Å²) in [4.78, 5) is 64.0. The SMILES string of the molecule is CCCCCCCOc1ccc(C(=O)Oc2ccc(S)c(Cl)c2)cc1.CCCCCCCOc1ccc(C(=O)Oc2ccc(S)c(Cl)c2)cc1.CCCCCCCOc1ccc(C(=O)Oc2ccc(S)c(Cl)c2)cc1.CCCCCCCOc1ccc(C(=O)Oc2ccc(S)c(Cl)c2)cc1.CCCCCCCOc1ccc(C(=O)Oc2ccc(S)c(Cl)c2)cc1.F.F.F.F.F. The van der Waals surface area contributed by atoms with Gasteiger partial charge in [-0.1, -0.05) is 221 Å². The summed E-state index contributed by atoms with van der Waals surface area (Å²) in [6.45, 7) is 14.5. The zero-order valence-corrected chi connectivity index (χ0v) is 82.0. The Labute approximate surface area is 814 Å². The normalized spacial score (nSPS) is 10.1. The first-order chi connectivity index (χ1) is 60.5. The van der Waals surface area contributed by atoms with Crippen molar-refractivity contribution >= 4 is 151 Å². The first kappa shape index (κ1) is 119. The molecule has 0 heterocycles. The predicted molar refractivity (Wildman–Crippen MR) is 534 cm³/mol. The van der Waals surface area contributed by atoms with Crippen molar-refractivity contribution in [1.82, 2.24) is 0 Å². The van der Waals surface area contributed by atoms with Gasteiger partial charge in [-0.05, 0) is 214 Å². The van der Waals surface area contributed by atoms with Crippen LogP contribution in [0.2, 0.25) is 25.1 Å². The van der Waals surface area contributed by atoms with E-state index in [9.17, 15) is 24.0 Å².